The predicted octanol–water partition coefficient (Wildman–Crippen LogP) is 1.09. The second kappa shape index (κ2) is 7.33. The van der Waals surface area contributed by atoms with Gasteiger partial charge in [-0.2, -0.15) is 0 Å². The van der Waals surface area contributed by atoms with Crippen LogP contribution in [0.5, 0.6) is 5.75 Å². The van der Waals surface area contributed by atoms with Gasteiger partial charge in [-0.15, -0.1) is 0 Å². The number of nitrogens with one attached hydrogen (secondary N) is 1. The quantitative estimate of drug-likeness (QED) is 0.781. The molecule has 1 aliphatic rings. The molecule has 0 amide bonds. The minimum absolute atomic E-state index is 0.326. The highest BCUT2D eigenvalue weighted by molar-refractivity contribution is 5.49. The van der Waals surface area contributed by atoms with Gasteiger partial charge in [0.25, 0.3) is 0 Å². The van der Waals surface area contributed by atoms with Crippen LogP contribution in [-0.4, -0.2) is 53.3 Å². The number of piperazine rings is 1. The summed E-state index contributed by atoms with van der Waals surface area (Å²) in [6, 6.07) is 8.16. The van der Waals surface area contributed by atoms with Crippen LogP contribution in [0.3, 0.4) is 0 Å². The largest absolute Gasteiger partial charge is 0.488 e. The Bertz CT molecular complexity index is 359. The monoisotopic (exact) mass is 266 g/mol. The summed E-state index contributed by atoms with van der Waals surface area (Å²) in [6.45, 7) is 4.58. The molecule has 1 aromatic rings. The number of anilines is 1. The Balaban J connectivity index is 1.87. The lowest BCUT2D eigenvalue weighted by Crippen LogP contribution is -2.43. The number of hydrogen-bond acceptors (Lipinski definition) is 5. The summed E-state index contributed by atoms with van der Waals surface area (Å²) in [5.74, 6) is 0.831. The normalized spacial score (nSPS) is 15.8. The highest BCUT2D eigenvalue weighted by Crippen LogP contribution is 2.20. The average molecular weight is 266 g/mol. The number of rotatable bonds is 6. The van der Waals surface area contributed by atoms with Crippen molar-refractivity contribution in [1.29, 1.82) is 0 Å². The fraction of sp³-hybridized carbons (Fsp3) is 0.571. The van der Waals surface area contributed by atoms with Crippen LogP contribution in [0, 0.1) is 0 Å². The number of ether oxygens (including phenoxy) is 3. The fourth-order valence-electron chi connectivity index (χ4n) is 2.07. The predicted molar refractivity (Wildman–Crippen MR) is 74.8 cm³/mol. The molecule has 5 nitrogen and oxygen atoms in total. The minimum Gasteiger partial charge on any atom is -0.488 e. The van der Waals surface area contributed by atoms with E-state index in [4.69, 9.17) is 14.2 Å². The van der Waals surface area contributed by atoms with Crippen molar-refractivity contribution >= 4 is 5.69 Å². The van der Waals surface area contributed by atoms with Crippen molar-refractivity contribution in [3.63, 3.8) is 0 Å². The van der Waals surface area contributed by atoms with Crippen molar-refractivity contribution < 1.29 is 14.2 Å². The summed E-state index contributed by atoms with van der Waals surface area (Å²) in [6.07, 6.45) is -0.326. The van der Waals surface area contributed by atoms with E-state index in [-0.39, 0.29) is 6.29 Å². The van der Waals surface area contributed by atoms with Gasteiger partial charge >= 0.3 is 0 Å². The highest BCUT2D eigenvalue weighted by Gasteiger charge is 2.10. The van der Waals surface area contributed by atoms with E-state index in [9.17, 15) is 0 Å². The number of nitrogens with zero attached hydrogens (tertiary/aromatic N) is 1. The van der Waals surface area contributed by atoms with Gasteiger partial charge < -0.3 is 24.4 Å². The number of benzene rings is 1. The van der Waals surface area contributed by atoms with Crippen LogP contribution in [0.2, 0.25) is 0 Å². The van der Waals surface area contributed by atoms with Gasteiger partial charge in [-0.25, -0.2) is 0 Å². The van der Waals surface area contributed by atoms with E-state index in [1.165, 1.54) is 5.69 Å². The second-order valence-electron chi connectivity index (χ2n) is 4.44. The first-order valence-electron chi connectivity index (χ1n) is 6.57. The summed E-state index contributed by atoms with van der Waals surface area (Å²) < 4.78 is 15.8. The summed E-state index contributed by atoms with van der Waals surface area (Å²) in [5, 5.41) is 3.35. The molecule has 0 radical (unpaired) electrons. The standard InChI is InChI=1S/C14H22N2O3/c1-17-14(18-2)11-19-13-5-3-12(4-6-13)16-9-7-15-8-10-16/h3-6,14-15H,7-11H2,1-2H3. The molecule has 1 heterocycles. The molecular weight excluding hydrogens is 244 g/mol. The SMILES string of the molecule is COC(COc1ccc(N2CCNCC2)cc1)OC. The molecule has 0 aliphatic carbocycles. The topological polar surface area (TPSA) is 43.0 Å². The maximum absolute atomic E-state index is 5.61. The lowest BCUT2D eigenvalue weighted by Gasteiger charge is -2.29. The van der Waals surface area contributed by atoms with Crippen LogP contribution in [0.4, 0.5) is 5.69 Å². The molecule has 1 aromatic carbocycles. The molecule has 1 aliphatic heterocycles. The van der Waals surface area contributed by atoms with Crippen molar-refractivity contribution in [3.05, 3.63) is 24.3 Å². The van der Waals surface area contributed by atoms with E-state index in [1.54, 1.807) is 14.2 Å². The van der Waals surface area contributed by atoms with E-state index in [0.29, 0.717) is 6.61 Å². The van der Waals surface area contributed by atoms with Gasteiger partial charge in [0.2, 0.25) is 0 Å². The van der Waals surface area contributed by atoms with Crippen molar-refractivity contribution in [2.24, 2.45) is 0 Å². The average Bonchev–Trinajstić information content (AvgIpc) is 2.50. The maximum Gasteiger partial charge on any atom is 0.191 e. The smallest absolute Gasteiger partial charge is 0.191 e. The summed E-state index contributed by atoms with van der Waals surface area (Å²) in [5.41, 5.74) is 1.24. The zero-order valence-corrected chi connectivity index (χ0v) is 11.6. The molecule has 1 saturated heterocycles. The van der Waals surface area contributed by atoms with Gasteiger partial charge in [-0.1, -0.05) is 0 Å². The second-order valence-corrected chi connectivity index (χ2v) is 4.44. The molecule has 2 rings (SSSR count). The Labute approximate surface area is 114 Å². The van der Waals surface area contributed by atoms with Crippen LogP contribution in [0.15, 0.2) is 24.3 Å². The van der Waals surface area contributed by atoms with Crippen LogP contribution < -0.4 is 15.0 Å². The molecule has 0 spiro atoms. The lowest BCUT2D eigenvalue weighted by atomic mass is 10.2. The van der Waals surface area contributed by atoms with Gasteiger partial charge in [0.05, 0.1) is 0 Å². The molecular formula is C14H22N2O3. The molecule has 0 bridgehead atoms. The Kier molecular flexibility index (Phi) is 5.44. The van der Waals surface area contributed by atoms with Crippen LogP contribution in [0.25, 0.3) is 0 Å². The van der Waals surface area contributed by atoms with Crippen molar-refractivity contribution in [1.82, 2.24) is 5.32 Å². The zero-order chi connectivity index (χ0) is 13.5. The van der Waals surface area contributed by atoms with Crippen molar-refractivity contribution in [2.45, 2.75) is 6.29 Å². The summed E-state index contributed by atoms with van der Waals surface area (Å²) >= 11 is 0. The van der Waals surface area contributed by atoms with E-state index < -0.39 is 0 Å². The number of methoxy groups -OCH3 is 2. The van der Waals surface area contributed by atoms with Crippen LogP contribution >= 0.6 is 0 Å². The molecule has 0 saturated carbocycles. The first-order valence-corrected chi connectivity index (χ1v) is 6.57. The fourth-order valence-corrected chi connectivity index (χ4v) is 2.07. The van der Waals surface area contributed by atoms with Crippen molar-refractivity contribution in [3.8, 4) is 5.75 Å². The summed E-state index contributed by atoms with van der Waals surface area (Å²) in [4.78, 5) is 2.37. The first kappa shape index (κ1) is 14.1. The summed E-state index contributed by atoms with van der Waals surface area (Å²) in [7, 11) is 3.20. The van der Waals surface area contributed by atoms with Crippen LogP contribution in [0.1, 0.15) is 0 Å². The lowest BCUT2D eigenvalue weighted by molar-refractivity contribution is -0.121. The molecule has 1 N–H and O–H groups in total. The van der Waals surface area contributed by atoms with Crippen LogP contribution in [-0.2, 0) is 9.47 Å². The minimum atomic E-state index is -0.326. The third-order valence-electron chi connectivity index (χ3n) is 3.23. The van der Waals surface area contributed by atoms with Gasteiger partial charge in [0.15, 0.2) is 6.29 Å². The van der Waals surface area contributed by atoms with E-state index in [1.807, 2.05) is 12.1 Å². The molecule has 19 heavy (non-hydrogen) atoms. The van der Waals surface area contributed by atoms with Gasteiger partial charge in [-0.3, -0.25) is 0 Å². The molecule has 0 unspecified atom stereocenters. The zero-order valence-electron chi connectivity index (χ0n) is 11.6. The molecule has 5 heteroatoms. The molecule has 0 aromatic heterocycles. The molecule has 106 valence electrons. The molecule has 1 fully saturated rings. The van der Waals surface area contributed by atoms with E-state index in [0.717, 1.165) is 31.9 Å². The van der Waals surface area contributed by atoms with Gasteiger partial charge in [0, 0.05) is 46.1 Å². The Morgan fingerprint density at radius 2 is 1.74 bits per heavy atom. The highest BCUT2D eigenvalue weighted by atomic mass is 16.7. The third kappa shape index (κ3) is 4.09. The van der Waals surface area contributed by atoms with Gasteiger partial charge in [0.1, 0.15) is 12.4 Å². The van der Waals surface area contributed by atoms with E-state index in [2.05, 4.69) is 22.3 Å². The maximum atomic E-state index is 5.61. The van der Waals surface area contributed by atoms with Crippen molar-refractivity contribution in [2.75, 3.05) is 51.9 Å². The van der Waals surface area contributed by atoms with E-state index >= 15 is 0 Å². The third-order valence-corrected chi connectivity index (χ3v) is 3.23. The Hall–Kier alpha value is -1.30. The molecule has 0 atom stereocenters. The Morgan fingerprint density at radius 3 is 2.32 bits per heavy atom. The Morgan fingerprint density at radius 1 is 1.11 bits per heavy atom. The number of hydrogen-bond donors (Lipinski definition) is 1. The first-order chi connectivity index (χ1) is 9.33. The van der Waals surface area contributed by atoms with Gasteiger partial charge in [-0.05, 0) is 24.3 Å².